The van der Waals surface area contributed by atoms with E-state index in [-0.39, 0.29) is 28.4 Å². The fraction of sp³-hybridized carbons (Fsp3) is 0.727. The number of phenols is 2. The van der Waals surface area contributed by atoms with Crippen LogP contribution in [0.2, 0.25) is 0 Å². The first-order valence-electron chi connectivity index (χ1n) is 9.92. The van der Waals surface area contributed by atoms with E-state index in [0.29, 0.717) is 35.5 Å². The second kappa shape index (κ2) is 6.63. The lowest BCUT2D eigenvalue weighted by atomic mass is 9.44. The summed E-state index contributed by atoms with van der Waals surface area (Å²) in [5.41, 5.74) is 0.485. The van der Waals surface area contributed by atoms with Gasteiger partial charge in [0.05, 0.1) is 13.2 Å². The number of phenolic OH excluding ortho intramolecular Hbond substituents is 2. The number of aliphatic hydroxyl groups excluding tert-OH is 1. The first-order chi connectivity index (χ1) is 12.2. The number of fused-ring (bicyclic) bond motifs is 1. The number of aliphatic hydroxyl groups is 1. The predicted molar refractivity (Wildman–Crippen MR) is 103 cm³/mol. The van der Waals surface area contributed by atoms with Crippen LogP contribution < -0.4 is 4.74 Å². The lowest BCUT2D eigenvalue weighted by Crippen LogP contribution is -2.59. The maximum absolute atomic E-state index is 11.0. The summed E-state index contributed by atoms with van der Waals surface area (Å²) in [7, 11) is 1.60. The summed E-state index contributed by atoms with van der Waals surface area (Å²) in [6, 6.07) is 3.19. The topological polar surface area (TPSA) is 69.9 Å². The van der Waals surface area contributed by atoms with Gasteiger partial charge in [-0.15, -0.1) is 0 Å². The van der Waals surface area contributed by atoms with Crippen LogP contribution in [0.3, 0.4) is 0 Å². The fourth-order valence-electron chi connectivity index (χ4n) is 6.04. The molecule has 2 aliphatic carbocycles. The molecular formula is C22H34O4. The van der Waals surface area contributed by atoms with Crippen molar-refractivity contribution in [2.24, 2.45) is 28.6 Å². The molecule has 0 heterocycles. The SMILES string of the molecule is COc1ccc(O)c(O)c1C[C@@]1(C)C2CCCC(C)[C@@]2(C)C(O)C[C@@H]1C. The van der Waals surface area contributed by atoms with Gasteiger partial charge in [-0.1, -0.05) is 40.5 Å². The van der Waals surface area contributed by atoms with Crippen molar-refractivity contribution in [3.63, 3.8) is 0 Å². The fourth-order valence-corrected chi connectivity index (χ4v) is 6.04. The summed E-state index contributed by atoms with van der Waals surface area (Å²) < 4.78 is 5.49. The van der Waals surface area contributed by atoms with Gasteiger partial charge in [-0.2, -0.15) is 0 Å². The molecule has 1 aromatic carbocycles. The molecule has 0 amide bonds. The van der Waals surface area contributed by atoms with Crippen LogP contribution in [0.15, 0.2) is 12.1 Å². The molecule has 3 unspecified atom stereocenters. The molecule has 4 heteroatoms. The Morgan fingerprint density at radius 2 is 1.81 bits per heavy atom. The number of benzene rings is 1. The van der Waals surface area contributed by atoms with Crippen molar-refractivity contribution < 1.29 is 20.1 Å². The molecular weight excluding hydrogens is 328 g/mol. The Hall–Kier alpha value is -1.42. The van der Waals surface area contributed by atoms with E-state index in [9.17, 15) is 15.3 Å². The maximum Gasteiger partial charge on any atom is 0.164 e. The van der Waals surface area contributed by atoms with Gasteiger partial charge in [0.2, 0.25) is 0 Å². The molecule has 0 aliphatic heterocycles. The van der Waals surface area contributed by atoms with Crippen LogP contribution in [-0.4, -0.2) is 28.5 Å². The molecule has 3 N–H and O–H groups in total. The Labute approximate surface area is 157 Å². The summed E-state index contributed by atoms with van der Waals surface area (Å²) in [5.74, 6) is 1.59. The molecule has 1 aromatic rings. The summed E-state index contributed by atoms with van der Waals surface area (Å²) in [5, 5.41) is 31.5. The molecule has 2 aliphatic rings. The van der Waals surface area contributed by atoms with E-state index in [1.807, 2.05) is 0 Å². The summed E-state index contributed by atoms with van der Waals surface area (Å²) in [6.07, 6.45) is 4.56. The van der Waals surface area contributed by atoms with Crippen LogP contribution in [-0.2, 0) is 6.42 Å². The molecule has 0 radical (unpaired) electrons. The third kappa shape index (κ3) is 2.69. The highest BCUT2D eigenvalue weighted by Gasteiger charge is 2.59. The number of aromatic hydroxyl groups is 2. The number of rotatable bonds is 3. The van der Waals surface area contributed by atoms with Gasteiger partial charge in [0.15, 0.2) is 11.5 Å². The summed E-state index contributed by atoms with van der Waals surface area (Å²) in [4.78, 5) is 0. The Morgan fingerprint density at radius 3 is 2.46 bits per heavy atom. The smallest absolute Gasteiger partial charge is 0.164 e. The summed E-state index contributed by atoms with van der Waals surface area (Å²) >= 11 is 0. The molecule has 0 aromatic heterocycles. The van der Waals surface area contributed by atoms with E-state index in [4.69, 9.17) is 4.74 Å². The third-order valence-electron chi connectivity index (χ3n) is 8.16. The van der Waals surface area contributed by atoms with Gasteiger partial charge in [0, 0.05) is 5.56 Å². The predicted octanol–water partition coefficient (Wildman–Crippen LogP) is 4.50. The van der Waals surface area contributed by atoms with Crippen molar-refractivity contribution in [2.45, 2.75) is 65.9 Å². The zero-order valence-corrected chi connectivity index (χ0v) is 16.7. The van der Waals surface area contributed by atoms with Gasteiger partial charge in [0.1, 0.15) is 5.75 Å². The van der Waals surface area contributed by atoms with Crippen molar-refractivity contribution in [2.75, 3.05) is 7.11 Å². The van der Waals surface area contributed by atoms with Crippen LogP contribution in [0.1, 0.15) is 58.9 Å². The second-order valence-electron chi connectivity index (χ2n) is 9.20. The zero-order valence-electron chi connectivity index (χ0n) is 16.7. The Morgan fingerprint density at radius 1 is 1.12 bits per heavy atom. The van der Waals surface area contributed by atoms with Crippen molar-refractivity contribution >= 4 is 0 Å². The van der Waals surface area contributed by atoms with Crippen LogP contribution in [0.25, 0.3) is 0 Å². The van der Waals surface area contributed by atoms with E-state index in [1.54, 1.807) is 13.2 Å². The first kappa shape index (κ1) is 19.3. The average molecular weight is 363 g/mol. The van der Waals surface area contributed by atoms with E-state index in [2.05, 4.69) is 27.7 Å². The van der Waals surface area contributed by atoms with Crippen LogP contribution in [0.5, 0.6) is 17.2 Å². The van der Waals surface area contributed by atoms with Crippen molar-refractivity contribution in [1.29, 1.82) is 0 Å². The average Bonchev–Trinajstić information content (AvgIpc) is 2.60. The van der Waals surface area contributed by atoms with Gasteiger partial charge in [-0.25, -0.2) is 0 Å². The first-order valence-corrected chi connectivity index (χ1v) is 9.92. The molecule has 0 bridgehead atoms. The minimum Gasteiger partial charge on any atom is -0.504 e. The Balaban J connectivity index is 2.07. The molecule has 4 nitrogen and oxygen atoms in total. The molecule has 0 spiro atoms. The standard InChI is InChI=1S/C22H34O4/c1-13-7-6-8-18-21(3,14(2)11-19(24)22(13,18)4)12-15-17(26-5)10-9-16(23)20(15)25/h9-10,13-14,18-19,23-25H,6-8,11-12H2,1-5H3/t13?,14-,18?,19?,21+,22+/m0/s1. The largest absolute Gasteiger partial charge is 0.504 e. The normalized spacial score (nSPS) is 40.1. The van der Waals surface area contributed by atoms with E-state index in [1.165, 1.54) is 12.5 Å². The molecule has 146 valence electrons. The highest BCUT2D eigenvalue weighted by Crippen LogP contribution is 2.63. The van der Waals surface area contributed by atoms with E-state index >= 15 is 0 Å². The quantitative estimate of drug-likeness (QED) is 0.693. The molecule has 2 saturated carbocycles. The van der Waals surface area contributed by atoms with Crippen molar-refractivity contribution in [1.82, 2.24) is 0 Å². The second-order valence-corrected chi connectivity index (χ2v) is 9.20. The van der Waals surface area contributed by atoms with Gasteiger partial charge in [-0.05, 0) is 60.0 Å². The van der Waals surface area contributed by atoms with E-state index < -0.39 is 0 Å². The highest BCUT2D eigenvalue weighted by atomic mass is 16.5. The van der Waals surface area contributed by atoms with Crippen molar-refractivity contribution in [3.8, 4) is 17.2 Å². The lowest BCUT2D eigenvalue weighted by Gasteiger charge is -2.62. The molecule has 0 saturated heterocycles. The minimum atomic E-state index is -0.287. The lowest BCUT2D eigenvalue weighted by molar-refractivity contribution is -0.174. The van der Waals surface area contributed by atoms with E-state index in [0.717, 1.165) is 19.3 Å². The summed E-state index contributed by atoms with van der Waals surface area (Å²) in [6.45, 7) is 9.05. The zero-order chi connectivity index (χ0) is 19.3. The Kier molecular flexibility index (Phi) is 4.93. The molecule has 3 rings (SSSR count). The van der Waals surface area contributed by atoms with Crippen molar-refractivity contribution in [3.05, 3.63) is 17.7 Å². The van der Waals surface area contributed by atoms with Crippen LogP contribution in [0.4, 0.5) is 0 Å². The number of ether oxygens (including phenoxy) is 1. The monoisotopic (exact) mass is 362 g/mol. The van der Waals surface area contributed by atoms with Gasteiger partial charge in [-0.3, -0.25) is 0 Å². The third-order valence-corrected chi connectivity index (χ3v) is 8.16. The number of methoxy groups -OCH3 is 1. The Bertz CT molecular complexity index is 672. The van der Waals surface area contributed by atoms with Gasteiger partial charge in [0.25, 0.3) is 0 Å². The van der Waals surface area contributed by atoms with Crippen LogP contribution in [0, 0.1) is 28.6 Å². The van der Waals surface area contributed by atoms with Gasteiger partial charge >= 0.3 is 0 Å². The van der Waals surface area contributed by atoms with Gasteiger partial charge < -0.3 is 20.1 Å². The maximum atomic E-state index is 11.0. The molecule has 26 heavy (non-hydrogen) atoms. The molecule has 6 atom stereocenters. The minimum absolute atomic E-state index is 0.0746. The number of hydrogen-bond acceptors (Lipinski definition) is 4. The highest BCUT2D eigenvalue weighted by molar-refractivity contribution is 5.52. The van der Waals surface area contributed by atoms with Crippen LogP contribution >= 0.6 is 0 Å². The molecule has 2 fully saturated rings. The number of hydrogen-bond donors (Lipinski definition) is 3.